The number of pyridine rings is 1. The number of aliphatic hydroxyl groups is 1. The van der Waals surface area contributed by atoms with Crippen molar-refractivity contribution in [3.05, 3.63) is 40.7 Å². The summed E-state index contributed by atoms with van der Waals surface area (Å²) in [5, 5.41) is 15.8. The number of urea groups is 1. The van der Waals surface area contributed by atoms with E-state index >= 15 is 0 Å². The molecule has 0 unspecified atom stereocenters. The molecule has 6 nitrogen and oxygen atoms in total. The first-order valence-electron chi connectivity index (χ1n) is 8.29. The minimum absolute atomic E-state index is 0.00238. The van der Waals surface area contributed by atoms with Crippen LogP contribution >= 0.6 is 11.3 Å². The van der Waals surface area contributed by atoms with Crippen LogP contribution in [-0.4, -0.2) is 34.3 Å². The number of nitrogens with one attached hydrogen (secondary N) is 2. The lowest BCUT2D eigenvalue weighted by molar-refractivity contribution is 0.217. The highest BCUT2D eigenvalue weighted by Gasteiger charge is 2.17. The highest BCUT2D eigenvalue weighted by atomic mass is 32.1. The summed E-state index contributed by atoms with van der Waals surface area (Å²) in [6, 6.07) is 5.42. The summed E-state index contributed by atoms with van der Waals surface area (Å²) in [5.74, 6) is -0.0600. The molecule has 0 spiro atoms. The van der Waals surface area contributed by atoms with Crippen LogP contribution in [0.3, 0.4) is 0 Å². The minimum atomic E-state index is -0.277. The average Bonchev–Trinajstić information content (AvgIpc) is 3.01. The molecule has 3 N–H and O–H groups in total. The normalized spacial score (nSPS) is 14.7. The maximum absolute atomic E-state index is 12.0. The summed E-state index contributed by atoms with van der Waals surface area (Å²) in [7, 11) is 0. The van der Waals surface area contributed by atoms with Crippen LogP contribution < -0.4 is 10.6 Å². The van der Waals surface area contributed by atoms with E-state index in [2.05, 4.69) is 20.6 Å². The number of carbonyl (C=O) groups excluding carboxylic acids is 1. The quantitative estimate of drug-likeness (QED) is 0.749. The van der Waals surface area contributed by atoms with E-state index in [-0.39, 0.29) is 18.6 Å². The fourth-order valence-corrected chi connectivity index (χ4v) is 3.84. The summed E-state index contributed by atoms with van der Waals surface area (Å²) in [6.07, 6.45) is 6.80. The van der Waals surface area contributed by atoms with Crippen LogP contribution in [-0.2, 0) is 19.3 Å². The van der Waals surface area contributed by atoms with E-state index in [1.165, 1.54) is 17.7 Å². The van der Waals surface area contributed by atoms with Gasteiger partial charge in [-0.2, -0.15) is 0 Å². The van der Waals surface area contributed by atoms with Gasteiger partial charge in [-0.05, 0) is 44.2 Å². The Balaban J connectivity index is 1.48. The van der Waals surface area contributed by atoms with Crippen LogP contribution in [0.4, 0.5) is 9.93 Å². The lowest BCUT2D eigenvalue weighted by atomic mass is 10.0. The second-order valence-electron chi connectivity index (χ2n) is 6.00. The Kier molecular flexibility index (Phi) is 5.77. The average molecular weight is 346 g/mol. The Morgan fingerprint density at radius 1 is 1.33 bits per heavy atom. The fourth-order valence-electron chi connectivity index (χ4n) is 2.80. The number of thiazole rings is 1. The molecule has 0 saturated carbocycles. The Bertz CT molecular complexity index is 651. The van der Waals surface area contributed by atoms with Gasteiger partial charge in [-0.15, -0.1) is 11.3 Å². The lowest BCUT2D eigenvalue weighted by Crippen LogP contribution is -2.35. The molecule has 0 aromatic carbocycles. The summed E-state index contributed by atoms with van der Waals surface area (Å²) >= 11 is 1.56. The van der Waals surface area contributed by atoms with Gasteiger partial charge in [0.15, 0.2) is 5.13 Å². The van der Waals surface area contributed by atoms with Gasteiger partial charge < -0.3 is 10.4 Å². The van der Waals surface area contributed by atoms with Gasteiger partial charge in [0.25, 0.3) is 0 Å². The largest absolute Gasteiger partial charge is 0.396 e. The standard InChI is InChI=1S/C17H22N4O2S/c22-11-12(9-13-5-3-4-8-18-13)10-19-16(23)21-17-20-14-6-1-2-7-15(14)24-17/h3-5,8,12,22H,1-2,6-7,9-11H2,(H2,19,20,21,23)/t12-/m0/s1. The smallest absolute Gasteiger partial charge is 0.321 e. The van der Waals surface area contributed by atoms with E-state index in [4.69, 9.17) is 0 Å². The van der Waals surface area contributed by atoms with Crippen LogP contribution in [0.25, 0.3) is 0 Å². The molecule has 3 rings (SSSR count). The van der Waals surface area contributed by atoms with Crippen LogP contribution in [0.15, 0.2) is 24.4 Å². The summed E-state index contributed by atoms with van der Waals surface area (Å²) in [6.45, 7) is 0.395. The number of amides is 2. The number of fused-ring (bicyclic) bond motifs is 1. The molecule has 0 aliphatic heterocycles. The highest BCUT2D eigenvalue weighted by molar-refractivity contribution is 7.15. The Morgan fingerprint density at radius 2 is 2.21 bits per heavy atom. The number of aliphatic hydroxyl groups excluding tert-OH is 1. The SMILES string of the molecule is O=C(NC[C@@H](CO)Cc1ccccn1)Nc1nc2c(s1)CCCC2. The van der Waals surface area contributed by atoms with E-state index in [0.717, 1.165) is 24.2 Å². The second kappa shape index (κ2) is 8.21. The van der Waals surface area contributed by atoms with Crippen molar-refractivity contribution >= 4 is 22.5 Å². The molecule has 128 valence electrons. The van der Waals surface area contributed by atoms with Crippen molar-refractivity contribution in [3.8, 4) is 0 Å². The zero-order valence-corrected chi connectivity index (χ0v) is 14.3. The van der Waals surface area contributed by atoms with Gasteiger partial charge in [-0.3, -0.25) is 10.3 Å². The fraction of sp³-hybridized carbons (Fsp3) is 0.471. The van der Waals surface area contributed by atoms with Crippen LogP contribution in [0, 0.1) is 5.92 Å². The number of nitrogens with zero attached hydrogens (tertiary/aromatic N) is 2. The third-order valence-corrected chi connectivity index (χ3v) is 5.17. The molecule has 1 aliphatic rings. The number of aryl methyl sites for hydroxylation is 2. The van der Waals surface area contributed by atoms with E-state index in [1.807, 2.05) is 18.2 Å². The number of aromatic nitrogens is 2. The van der Waals surface area contributed by atoms with Gasteiger partial charge in [-0.25, -0.2) is 9.78 Å². The molecule has 0 radical (unpaired) electrons. The minimum Gasteiger partial charge on any atom is -0.396 e. The summed E-state index contributed by atoms with van der Waals surface area (Å²) in [4.78, 5) is 22.1. The van der Waals surface area contributed by atoms with Gasteiger partial charge >= 0.3 is 6.03 Å². The first-order valence-corrected chi connectivity index (χ1v) is 9.10. The third kappa shape index (κ3) is 4.52. The first-order chi connectivity index (χ1) is 11.7. The van der Waals surface area contributed by atoms with E-state index < -0.39 is 0 Å². The molecule has 2 heterocycles. The number of hydrogen-bond acceptors (Lipinski definition) is 5. The maximum atomic E-state index is 12.0. The molecule has 0 bridgehead atoms. The van der Waals surface area contributed by atoms with Crippen molar-refractivity contribution in [2.75, 3.05) is 18.5 Å². The molecular weight excluding hydrogens is 324 g/mol. The predicted molar refractivity (Wildman–Crippen MR) is 94.3 cm³/mol. The van der Waals surface area contributed by atoms with Gasteiger partial charge in [0.05, 0.1) is 5.69 Å². The maximum Gasteiger partial charge on any atom is 0.321 e. The molecule has 24 heavy (non-hydrogen) atoms. The van der Waals surface area contributed by atoms with E-state index in [1.54, 1.807) is 17.5 Å². The Hall–Kier alpha value is -1.99. The Labute approximate surface area is 145 Å². The van der Waals surface area contributed by atoms with Crippen molar-refractivity contribution in [1.29, 1.82) is 0 Å². The van der Waals surface area contributed by atoms with Crippen molar-refractivity contribution in [2.45, 2.75) is 32.1 Å². The van der Waals surface area contributed by atoms with Gasteiger partial charge in [0.1, 0.15) is 0 Å². The zero-order chi connectivity index (χ0) is 16.8. The molecule has 0 saturated heterocycles. The molecule has 0 fully saturated rings. The molecule has 2 aromatic heterocycles. The molecule has 1 aliphatic carbocycles. The number of anilines is 1. The van der Waals surface area contributed by atoms with Crippen LogP contribution in [0.5, 0.6) is 0 Å². The van der Waals surface area contributed by atoms with Crippen molar-refractivity contribution in [1.82, 2.24) is 15.3 Å². The third-order valence-electron chi connectivity index (χ3n) is 4.10. The zero-order valence-electron chi connectivity index (χ0n) is 13.5. The second-order valence-corrected chi connectivity index (χ2v) is 7.09. The van der Waals surface area contributed by atoms with Gasteiger partial charge in [0, 0.05) is 35.8 Å². The topological polar surface area (TPSA) is 87.1 Å². The Morgan fingerprint density at radius 3 is 2.96 bits per heavy atom. The van der Waals surface area contributed by atoms with Crippen LogP contribution in [0.2, 0.25) is 0 Å². The predicted octanol–water partition coefficient (Wildman–Crippen LogP) is 2.39. The van der Waals surface area contributed by atoms with Crippen molar-refractivity contribution in [2.24, 2.45) is 5.92 Å². The van der Waals surface area contributed by atoms with Gasteiger partial charge in [-0.1, -0.05) is 6.07 Å². The van der Waals surface area contributed by atoms with E-state index in [9.17, 15) is 9.90 Å². The number of rotatable bonds is 6. The number of hydrogen-bond donors (Lipinski definition) is 3. The van der Waals surface area contributed by atoms with Crippen molar-refractivity contribution in [3.63, 3.8) is 0 Å². The lowest BCUT2D eigenvalue weighted by Gasteiger charge is -2.14. The first kappa shape index (κ1) is 16.9. The van der Waals surface area contributed by atoms with E-state index in [0.29, 0.717) is 18.1 Å². The monoisotopic (exact) mass is 346 g/mol. The van der Waals surface area contributed by atoms with Crippen LogP contribution in [0.1, 0.15) is 29.1 Å². The van der Waals surface area contributed by atoms with Crippen molar-refractivity contribution < 1.29 is 9.90 Å². The number of carbonyl (C=O) groups is 1. The molecule has 1 atom stereocenters. The molecule has 2 aromatic rings. The molecule has 7 heteroatoms. The van der Waals surface area contributed by atoms with Gasteiger partial charge in [0.2, 0.25) is 0 Å². The summed E-state index contributed by atoms with van der Waals surface area (Å²) < 4.78 is 0. The molecule has 2 amide bonds. The molecular formula is C17H22N4O2S. The highest BCUT2D eigenvalue weighted by Crippen LogP contribution is 2.29. The summed E-state index contributed by atoms with van der Waals surface area (Å²) in [5.41, 5.74) is 2.04.